The first-order valence-corrected chi connectivity index (χ1v) is 7.44. The van der Waals surface area contributed by atoms with E-state index in [1.165, 1.54) is 6.07 Å². The van der Waals surface area contributed by atoms with Crippen molar-refractivity contribution in [1.82, 2.24) is 15.1 Å². The van der Waals surface area contributed by atoms with Crippen LogP contribution in [0.15, 0.2) is 36.4 Å². The third-order valence-corrected chi connectivity index (χ3v) is 3.86. The van der Waals surface area contributed by atoms with Crippen LogP contribution in [0.4, 0.5) is 0 Å². The molecule has 0 saturated heterocycles. The fourth-order valence-corrected chi connectivity index (χ4v) is 2.51. The Morgan fingerprint density at radius 1 is 1.19 bits per heavy atom. The van der Waals surface area contributed by atoms with Crippen LogP contribution in [0.5, 0.6) is 0 Å². The largest absolute Gasteiger partial charge is 0.331 e. The molecule has 3 rings (SSSR count). The quantitative estimate of drug-likeness (QED) is 0.864. The van der Waals surface area contributed by atoms with Crippen molar-refractivity contribution in [3.63, 3.8) is 0 Å². The van der Waals surface area contributed by atoms with Crippen LogP contribution in [0.25, 0.3) is 0 Å². The topological polar surface area (TPSA) is 46.1 Å². The number of amides is 1. The molecule has 1 aliphatic carbocycles. The minimum absolute atomic E-state index is 0.0862. The smallest absolute Gasteiger partial charge is 0.257 e. The lowest BCUT2D eigenvalue weighted by Crippen LogP contribution is -2.33. The number of carbonyl (C=O) groups excluding carboxylic acids is 1. The number of nitrogens with zero attached hydrogens (tertiary/aromatic N) is 3. The molecule has 1 saturated carbocycles. The highest BCUT2D eigenvalue weighted by Crippen LogP contribution is 2.31. The van der Waals surface area contributed by atoms with E-state index in [4.69, 9.17) is 23.2 Å². The van der Waals surface area contributed by atoms with Gasteiger partial charge in [0.05, 0.1) is 5.56 Å². The predicted octanol–water partition coefficient (Wildman–Crippen LogP) is 3.59. The van der Waals surface area contributed by atoms with Crippen molar-refractivity contribution >= 4 is 29.1 Å². The number of aromatic nitrogens is 2. The van der Waals surface area contributed by atoms with Crippen molar-refractivity contribution in [3.8, 4) is 0 Å². The average molecular weight is 322 g/mol. The Morgan fingerprint density at radius 2 is 1.90 bits per heavy atom. The van der Waals surface area contributed by atoms with Gasteiger partial charge in [0.25, 0.3) is 5.91 Å². The lowest BCUT2D eigenvalue weighted by Gasteiger charge is -2.23. The summed E-state index contributed by atoms with van der Waals surface area (Å²) in [5.74, 6) is -0.150. The first-order chi connectivity index (χ1) is 10.1. The SMILES string of the molecule is O=C(c1cc(Cl)nnc1Cl)N(Cc1ccccc1)C1CC1. The van der Waals surface area contributed by atoms with Crippen LogP contribution in [0.2, 0.25) is 10.3 Å². The second kappa shape index (κ2) is 6.00. The fraction of sp³-hybridized carbons (Fsp3) is 0.267. The van der Waals surface area contributed by atoms with Crippen LogP contribution in [0, 0.1) is 0 Å². The predicted molar refractivity (Wildman–Crippen MR) is 81.4 cm³/mol. The van der Waals surface area contributed by atoms with Crippen molar-refractivity contribution in [3.05, 3.63) is 57.8 Å². The van der Waals surface area contributed by atoms with Crippen LogP contribution < -0.4 is 0 Å². The van der Waals surface area contributed by atoms with E-state index in [2.05, 4.69) is 10.2 Å². The summed E-state index contributed by atoms with van der Waals surface area (Å²) in [5, 5.41) is 7.59. The molecule has 1 aromatic carbocycles. The molecule has 6 heteroatoms. The van der Waals surface area contributed by atoms with Gasteiger partial charge in [0.2, 0.25) is 0 Å². The molecule has 1 aromatic heterocycles. The van der Waals surface area contributed by atoms with E-state index in [1.807, 2.05) is 35.2 Å². The molecule has 0 aliphatic heterocycles. The molecule has 2 aromatic rings. The molecule has 4 nitrogen and oxygen atoms in total. The molecular formula is C15H13Cl2N3O. The van der Waals surface area contributed by atoms with E-state index in [0.29, 0.717) is 12.1 Å². The highest BCUT2D eigenvalue weighted by Gasteiger charge is 2.34. The van der Waals surface area contributed by atoms with Gasteiger partial charge in [-0.15, -0.1) is 10.2 Å². The summed E-state index contributed by atoms with van der Waals surface area (Å²) >= 11 is 11.8. The highest BCUT2D eigenvalue weighted by atomic mass is 35.5. The van der Waals surface area contributed by atoms with Gasteiger partial charge in [-0.1, -0.05) is 53.5 Å². The van der Waals surface area contributed by atoms with Gasteiger partial charge >= 0.3 is 0 Å². The van der Waals surface area contributed by atoms with Crippen LogP contribution in [0.1, 0.15) is 28.8 Å². The van der Waals surface area contributed by atoms with Gasteiger partial charge in [0.1, 0.15) is 0 Å². The van der Waals surface area contributed by atoms with Gasteiger partial charge in [-0.2, -0.15) is 0 Å². The van der Waals surface area contributed by atoms with Crippen molar-refractivity contribution in [1.29, 1.82) is 0 Å². The second-order valence-corrected chi connectivity index (χ2v) is 5.77. The summed E-state index contributed by atoms with van der Waals surface area (Å²) in [4.78, 5) is 14.5. The minimum Gasteiger partial charge on any atom is -0.331 e. The molecule has 108 valence electrons. The fourth-order valence-electron chi connectivity index (χ4n) is 2.19. The summed E-state index contributed by atoms with van der Waals surface area (Å²) in [7, 11) is 0. The molecule has 0 N–H and O–H groups in total. The summed E-state index contributed by atoms with van der Waals surface area (Å²) in [5.41, 5.74) is 1.39. The molecule has 0 bridgehead atoms. The maximum absolute atomic E-state index is 12.7. The monoisotopic (exact) mass is 321 g/mol. The minimum atomic E-state index is -0.150. The zero-order valence-electron chi connectivity index (χ0n) is 11.2. The zero-order chi connectivity index (χ0) is 14.8. The third-order valence-electron chi connectivity index (χ3n) is 3.39. The van der Waals surface area contributed by atoms with Gasteiger partial charge in [0.15, 0.2) is 10.3 Å². The Hall–Kier alpha value is -1.65. The van der Waals surface area contributed by atoms with Crippen LogP contribution >= 0.6 is 23.2 Å². The van der Waals surface area contributed by atoms with Crippen molar-refractivity contribution in [2.45, 2.75) is 25.4 Å². The molecule has 0 unspecified atom stereocenters. The molecule has 0 atom stereocenters. The van der Waals surface area contributed by atoms with E-state index < -0.39 is 0 Å². The number of hydrogen-bond donors (Lipinski definition) is 0. The summed E-state index contributed by atoms with van der Waals surface area (Å²) in [6.45, 7) is 0.556. The number of benzene rings is 1. The third kappa shape index (κ3) is 3.34. The van der Waals surface area contributed by atoms with Crippen LogP contribution in [0.3, 0.4) is 0 Å². The van der Waals surface area contributed by atoms with Crippen LogP contribution in [-0.2, 0) is 6.54 Å². The Bertz CT molecular complexity index is 659. The van der Waals surface area contributed by atoms with Crippen molar-refractivity contribution in [2.24, 2.45) is 0 Å². The maximum Gasteiger partial charge on any atom is 0.257 e. The Labute approximate surface area is 132 Å². The molecule has 0 spiro atoms. The highest BCUT2D eigenvalue weighted by molar-refractivity contribution is 6.34. The Kier molecular flexibility index (Phi) is 4.08. The number of rotatable bonds is 4. The van der Waals surface area contributed by atoms with E-state index >= 15 is 0 Å². The van der Waals surface area contributed by atoms with E-state index in [-0.39, 0.29) is 22.3 Å². The van der Waals surface area contributed by atoms with E-state index in [9.17, 15) is 4.79 Å². The molecule has 1 heterocycles. The standard InChI is InChI=1S/C15H13Cl2N3O/c16-13-8-12(14(17)19-18-13)15(21)20(11-6-7-11)9-10-4-2-1-3-5-10/h1-5,8,11H,6-7,9H2. The van der Waals surface area contributed by atoms with Gasteiger partial charge in [-0.25, -0.2) is 0 Å². The molecular weight excluding hydrogens is 309 g/mol. The van der Waals surface area contributed by atoms with Crippen molar-refractivity contribution in [2.75, 3.05) is 0 Å². The second-order valence-electron chi connectivity index (χ2n) is 5.02. The molecule has 1 amide bonds. The molecule has 1 aliphatic rings. The van der Waals surface area contributed by atoms with E-state index in [0.717, 1.165) is 18.4 Å². The number of halogens is 2. The number of carbonyl (C=O) groups is 1. The first-order valence-electron chi connectivity index (χ1n) is 6.69. The Balaban J connectivity index is 1.87. The summed E-state index contributed by atoms with van der Waals surface area (Å²) in [6.07, 6.45) is 2.03. The van der Waals surface area contributed by atoms with Gasteiger partial charge in [-0.05, 0) is 24.5 Å². The first kappa shape index (κ1) is 14.3. The lowest BCUT2D eigenvalue weighted by molar-refractivity contribution is 0.0729. The maximum atomic E-state index is 12.7. The Morgan fingerprint density at radius 3 is 2.57 bits per heavy atom. The average Bonchev–Trinajstić information content (AvgIpc) is 3.32. The van der Waals surface area contributed by atoms with E-state index in [1.54, 1.807) is 0 Å². The van der Waals surface area contributed by atoms with Gasteiger partial charge in [0, 0.05) is 12.6 Å². The zero-order valence-corrected chi connectivity index (χ0v) is 12.7. The molecule has 21 heavy (non-hydrogen) atoms. The summed E-state index contributed by atoms with van der Waals surface area (Å²) < 4.78 is 0. The van der Waals surface area contributed by atoms with Gasteiger partial charge < -0.3 is 4.90 Å². The normalized spacial score (nSPS) is 14.0. The lowest BCUT2D eigenvalue weighted by atomic mass is 10.2. The van der Waals surface area contributed by atoms with Crippen LogP contribution in [-0.4, -0.2) is 27.0 Å². The van der Waals surface area contributed by atoms with Gasteiger partial charge in [-0.3, -0.25) is 4.79 Å². The molecule has 0 radical (unpaired) electrons. The number of hydrogen-bond acceptors (Lipinski definition) is 3. The molecule has 1 fully saturated rings. The summed E-state index contributed by atoms with van der Waals surface area (Å²) in [6, 6.07) is 11.6. The van der Waals surface area contributed by atoms with Crippen molar-refractivity contribution < 1.29 is 4.79 Å².